The summed E-state index contributed by atoms with van der Waals surface area (Å²) in [5, 5.41) is 3.00. The minimum absolute atomic E-state index is 0.0284. The van der Waals surface area contributed by atoms with Gasteiger partial charge >= 0.3 is 0 Å². The number of nitrogens with zero attached hydrogens (tertiary/aromatic N) is 2. The average molecular weight is 409 g/mol. The second-order valence-corrected chi connectivity index (χ2v) is 7.95. The number of piperazine rings is 1. The summed E-state index contributed by atoms with van der Waals surface area (Å²) in [6.07, 6.45) is -0.518. The van der Waals surface area contributed by atoms with E-state index in [1.165, 1.54) is 5.56 Å². The Morgan fingerprint density at radius 3 is 2.45 bits per heavy atom. The van der Waals surface area contributed by atoms with Gasteiger partial charge in [-0.1, -0.05) is 48.0 Å². The molecule has 0 bridgehead atoms. The molecule has 0 saturated carbocycles. The van der Waals surface area contributed by atoms with Crippen LogP contribution >= 0.6 is 11.6 Å². The fourth-order valence-corrected chi connectivity index (χ4v) is 4.01. The molecule has 29 heavy (non-hydrogen) atoms. The number of rotatable bonds is 4. The maximum absolute atomic E-state index is 12.9. The molecule has 0 N–H and O–H groups in total. The van der Waals surface area contributed by atoms with Crippen LogP contribution in [0.15, 0.2) is 60.7 Å². The van der Waals surface area contributed by atoms with E-state index in [0.29, 0.717) is 13.1 Å². The Hall–Kier alpha value is -2.72. The summed E-state index contributed by atoms with van der Waals surface area (Å²) in [5.74, 6) is 0.748. The summed E-state index contributed by atoms with van der Waals surface area (Å²) < 4.78 is 5.96. The SMILES string of the molecule is Cc1ccc(Cl)cc1N1CCN(C(=O)[C@@H](C)Oc2ccc3ccccc3c2)CC1. The third-order valence-electron chi connectivity index (χ3n) is 5.48. The van der Waals surface area contributed by atoms with E-state index in [0.717, 1.165) is 40.3 Å². The van der Waals surface area contributed by atoms with Crippen LogP contribution in [0.1, 0.15) is 12.5 Å². The van der Waals surface area contributed by atoms with Crippen molar-refractivity contribution in [1.82, 2.24) is 4.90 Å². The van der Waals surface area contributed by atoms with Gasteiger partial charge in [0.2, 0.25) is 0 Å². The van der Waals surface area contributed by atoms with Crippen molar-refractivity contribution in [3.8, 4) is 5.75 Å². The quantitative estimate of drug-likeness (QED) is 0.614. The van der Waals surface area contributed by atoms with E-state index in [2.05, 4.69) is 17.9 Å². The van der Waals surface area contributed by atoms with Crippen LogP contribution in [0, 0.1) is 6.92 Å². The molecule has 4 nitrogen and oxygen atoms in total. The van der Waals surface area contributed by atoms with Gasteiger partial charge < -0.3 is 14.5 Å². The standard InChI is InChI=1S/C24H25ClN2O2/c1-17-7-9-21(25)16-23(17)26-11-13-27(14-12-26)24(28)18(2)29-22-10-8-19-5-3-4-6-20(19)15-22/h3-10,15-16,18H,11-14H2,1-2H3/t18-/m1/s1. The zero-order valence-electron chi connectivity index (χ0n) is 16.8. The molecule has 1 heterocycles. The molecule has 0 aromatic heterocycles. The lowest BCUT2D eigenvalue weighted by molar-refractivity contribution is -0.138. The number of hydrogen-bond donors (Lipinski definition) is 0. The largest absolute Gasteiger partial charge is 0.481 e. The molecule has 1 amide bonds. The highest BCUT2D eigenvalue weighted by molar-refractivity contribution is 6.30. The summed E-state index contributed by atoms with van der Waals surface area (Å²) in [7, 11) is 0. The Morgan fingerprint density at radius 1 is 0.966 bits per heavy atom. The minimum atomic E-state index is -0.518. The third kappa shape index (κ3) is 4.33. The van der Waals surface area contributed by atoms with E-state index in [9.17, 15) is 4.79 Å². The molecule has 0 unspecified atom stereocenters. The van der Waals surface area contributed by atoms with Crippen molar-refractivity contribution in [2.24, 2.45) is 0 Å². The number of anilines is 1. The molecular formula is C24H25ClN2O2. The van der Waals surface area contributed by atoms with Gasteiger partial charge in [0.15, 0.2) is 6.10 Å². The van der Waals surface area contributed by atoms with Crippen molar-refractivity contribution in [2.75, 3.05) is 31.1 Å². The molecule has 1 saturated heterocycles. The van der Waals surface area contributed by atoms with E-state index >= 15 is 0 Å². The number of ether oxygens (including phenoxy) is 1. The van der Waals surface area contributed by atoms with Gasteiger partial charge in [-0.05, 0) is 54.4 Å². The van der Waals surface area contributed by atoms with Crippen LogP contribution in [0.3, 0.4) is 0 Å². The molecule has 1 fully saturated rings. The van der Waals surface area contributed by atoms with Gasteiger partial charge in [-0.2, -0.15) is 0 Å². The lowest BCUT2D eigenvalue weighted by Crippen LogP contribution is -2.52. The maximum Gasteiger partial charge on any atom is 0.263 e. The summed E-state index contributed by atoms with van der Waals surface area (Å²) in [4.78, 5) is 17.1. The highest BCUT2D eigenvalue weighted by Gasteiger charge is 2.26. The van der Waals surface area contributed by atoms with Crippen LogP contribution in [0.25, 0.3) is 10.8 Å². The monoisotopic (exact) mass is 408 g/mol. The number of aryl methyl sites for hydroxylation is 1. The van der Waals surface area contributed by atoms with E-state index in [1.54, 1.807) is 0 Å². The van der Waals surface area contributed by atoms with Gasteiger partial charge in [-0.15, -0.1) is 0 Å². The first kappa shape index (κ1) is 19.6. The number of amides is 1. The van der Waals surface area contributed by atoms with E-state index in [1.807, 2.05) is 66.4 Å². The molecule has 150 valence electrons. The molecule has 1 aliphatic heterocycles. The average Bonchev–Trinajstić information content (AvgIpc) is 2.75. The first-order chi connectivity index (χ1) is 14.0. The molecule has 0 aliphatic carbocycles. The van der Waals surface area contributed by atoms with Crippen LogP contribution in [-0.2, 0) is 4.79 Å². The van der Waals surface area contributed by atoms with Gasteiger partial charge in [0.25, 0.3) is 5.91 Å². The fourth-order valence-electron chi connectivity index (χ4n) is 3.84. The Labute approximate surface area is 176 Å². The van der Waals surface area contributed by atoms with Crippen LogP contribution in [-0.4, -0.2) is 43.1 Å². The fraction of sp³-hybridized carbons (Fsp3) is 0.292. The lowest BCUT2D eigenvalue weighted by Gasteiger charge is -2.37. The van der Waals surface area contributed by atoms with Crippen molar-refractivity contribution in [1.29, 1.82) is 0 Å². The normalized spacial score (nSPS) is 15.4. The Morgan fingerprint density at radius 2 is 1.69 bits per heavy atom. The number of fused-ring (bicyclic) bond motifs is 1. The summed E-state index contributed by atoms with van der Waals surface area (Å²) in [6.45, 7) is 6.84. The second kappa shape index (κ2) is 8.34. The van der Waals surface area contributed by atoms with Gasteiger partial charge in [0, 0.05) is 36.9 Å². The summed E-state index contributed by atoms with van der Waals surface area (Å²) in [5.41, 5.74) is 2.34. The zero-order valence-corrected chi connectivity index (χ0v) is 17.5. The molecule has 1 aliphatic rings. The third-order valence-corrected chi connectivity index (χ3v) is 5.72. The molecule has 0 spiro atoms. The Kier molecular flexibility index (Phi) is 5.63. The molecule has 4 rings (SSSR count). The van der Waals surface area contributed by atoms with Crippen molar-refractivity contribution in [2.45, 2.75) is 20.0 Å². The second-order valence-electron chi connectivity index (χ2n) is 7.51. The van der Waals surface area contributed by atoms with Crippen LogP contribution in [0.4, 0.5) is 5.69 Å². The number of carbonyl (C=O) groups excluding carboxylic acids is 1. The molecule has 3 aromatic carbocycles. The lowest BCUT2D eigenvalue weighted by atomic mass is 10.1. The summed E-state index contributed by atoms with van der Waals surface area (Å²) in [6, 6.07) is 20.0. The minimum Gasteiger partial charge on any atom is -0.481 e. The molecule has 0 radical (unpaired) electrons. The predicted octanol–water partition coefficient (Wildman–Crippen LogP) is 4.92. The maximum atomic E-state index is 12.9. The molecule has 1 atom stereocenters. The van der Waals surface area contributed by atoms with Crippen LogP contribution in [0.2, 0.25) is 5.02 Å². The molecule has 3 aromatic rings. The highest BCUT2D eigenvalue weighted by atomic mass is 35.5. The number of benzene rings is 3. The van der Waals surface area contributed by atoms with Crippen molar-refractivity contribution in [3.63, 3.8) is 0 Å². The van der Waals surface area contributed by atoms with Crippen molar-refractivity contribution >= 4 is 34.0 Å². The van der Waals surface area contributed by atoms with E-state index in [4.69, 9.17) is 16.3 Å². The smallest absolute Gasteiger partial charge is 0.263 e. The van der Waals surface area contributed by atoms with Crippen molar-refractivity contribution < 1.29 is 9.53 Å². The number of carbonyl (C=O) groups is 1. The van der Waals surface area contributed by atoms with Crippen LogP contribution in [0.5, 0.6) is 5.75 Å². The van der Waals surface area contributed by atoms with Gasteiger partial charge in [0.1, 0.15) is 5.75 Å². The predicted molar refractivity (Wildman–Crippen MR) is 119 cm³/mol. The van der Waals surface area contributed by atoms with Gasteiger partial charge in [0.05, 0.1) is 0 Å². The topological polar surface area (TPSA) is 32.8 Å². The van der Waals surface area contributed by atoms with Crippen molar-refractivity contribution in [3.05, 3.63) is 71.2 Å². The van der Waals surface area contributed by atoms with Crippen LogP contribution < -0.4 is 9.64 Å². The van der Waals surface area contributed by atoms with E-state index < -0.39 is 6.10 Å². The summed E-state index contributed by atoms with van der Waals surface area (Å²) >= 11 is 6.16. The zero-order chi connectivity index (χ0) is 20.4. The van der Waals surface area contributed by atoms with E-state index in [-0.39, 0.29) is 5.91 Å². The Balaban J connectivity index is 1.37. The first-order valence-corrected chi connectivity index (χ1v) is 10.3. The van der Waals surface area contributed by atoms with Gasteiger partial charge in [-0.3, -0.25) is 4.79 Å². The number of hydrogen-bond acceptors (Lipinski definition) is 3. The van der Waals surface area contributed by atoms with Gasteiger partial charge in [-0.25, -0.2) is 0 Å². The first-order valence-electron chi connectivity index (χ1n) is 9.96. The Bertz CT molecular complexity index is 1030. The number of halogens is 1. The molecular weight excluding hydrogens is 384 g/mol. The highest BCUT2D eigenvalue weighted by Crippen LogP contribution is 2.26. The molecule has 5 heteroatoms.